The Morgan fingerprint density at radius 3 is 2.54 bits per heavy atom. The number of rotatable bonds is 4. The number of hydrogen-bond donors (Lipinski definition) is 2. The van der Waals surface area contributed by atoms with E-state index in [1.807, 2.05) is 56.3 Å². The van der Waals surface area contributed by atoms with Gasteiger partial charge in [0.1, 0.15) is 0 Å². The highest BCUT2D eigenvalue weighted by atomic mass is 16.5. The molecule has 1 fully saturated rings. The molecule has 1 heterocycles. The predicted molar refractivity (Wildman–Crippen MR) is 94.7 cm³/mol. The van der Waals surface area contributed by atoms with Gasteiger partial charge in [-0.05, 0) is 49.1 Å². The number of carbonyl (C=O) groups excluding carboxylic acids is 1. The van der Waals surface area contributed by atoms with Crippen molar-refractivity contribution in [3.8, 4) is 0 Å². The normalized spacial score (nSPS) is 25.4. The minimum Gasteiger partial charge on any atom is -0.387 e. The van der Waals surface area contributed by atoms with Gasteiger partial charge in [0.2, 0.25) is 5.91 Å². The highest BCUT2D eigenvalue weighted by Gasteiger charge is 2.29. The van der Waals surface area contributed by atoms with Crippen LogP contribution in [0.25, 0.3) is 10.8 Å². The van der Waals surface area contributed by atoms with Gasteiger partial charge in [-0.25, -0.2) is 0 Å². The minimum atomic E-state index is -0.701. The van der Waals surface area contributed by atoms with E-state index in [0.29, 0.717) is 0 Å². The quantitative estimate of drug-likeness (QED) is 0.907. The van der Waals surface area contributed by atoms with Crippen LogP contribution < -0.4 is 5.32 Å². The Balaban J connectivity index is 1.59. The zero-order chi connectivity index (χ0) is 17.1. The van der Waals surface area contributed by atoms with Crippen molar-refractivity contribution < 1.29 is 14.6 Å². The third kappa shape index (κ3) is 3.94. The van der Waals surface area contributed by atoms with Gasteiger partial charge in [-0.1, -0.05) is 36.4 Å². The lowest BCUT2D eigenvalue weighted by Crippen LogP contribution is -2.40. The van der Waals surface area contributed by atoms with Gasteiger partial charge in [-0.15, -0.1) is 0 Å². The molecule has 2 aromatic carbocycles. The maximum Gasteiger partial charge on any atom is 0.223 e. The summed E-state index contributed by atoms with van der Waals surface area (Å²) in [7, 11) is 0. The molecular formula is C20H25NO3. The molecule has 3 rings (SSSR count). The van der Waals surface area contributed by atoms with Gasteiger partial charge >= 0.3 is 0 Å². The highest BCUT2D eigenvalue weighted by molar-refractivity contribution is 5.83. The summed E-state index contributed by atoms with van der Waals surface area (Å²) in [4.78, 5) is 12.4. The van der Waals surface area contributed by atoms with Gasteiger partial charge in [0, 0.05) is 12.5 Å². The van der Waals surface area contributed by atoms with E-state index in [-0.39, 0.29) is 30.6 Å². The lowest BCUT2D eigenvalue weighted by Gasteiger charge is -2.31. The maximum absolute atomic E-state index is 12.4. The summed E-state index contributed by atoms with van der Waals surface area (Å²) < 4.78 is 5.67. The summed E-state index contributed by atoms with van der Waals surface area (Å²) in [5.74, 6) is -0.0237. The number of benzene rings is 2. The van der Waals surface area contributed by atoms with Gasteiger partial charge in [-0.2, -0.15) is 0 Å². The number of hydrogen-bond acceptors (Lipinski definition) is 3. The van der Waals surface area contributed by atoms with E-state index >= 15 is 0 Å². The first-order valence-corrected chi connectivity index (χ1v) is 8.63. The summed E-state index contributed by atoms with van der Waals surface area (Å²) in [5.41, 5.74) is 0.822. The van der Waals surface area contributed by atoms with Crippen LogP contribution >= 0.6 is 0 Å². The van der Waals surface area contributed by atoms with E-state index in [1.165, 1.54) is 0 Å². The van der Waals surface area contributed by atoms with Gasteiger partial charge < -0.3 is 15.2 Å². The van der Waals surface area contributed by atoms with E-state index in [4.69, 9.17) is 4.74 Å². The molecular weight excluding hydrogens is 302 g/mol. The molecule has 2 aromatic rings. The highest BCUT2D eigenvalue weighted by Crippen LogP contribution is 2.25. The molecule has 1 amide bonds. The molecule has 0 radical (unpaired) electrons. The van der Waals surface area contributed by atoms with Crippen molar-refractivity contribution in [3.63, 3.8) is 0 Å². The van der Waals surface area contributed by atoms with Crippen LogP contribution in [-0.4, -0.2) is 29.8 Å². The van der Waals surface area contributed by atoms with Gasteiger partial charge in [-0.3, -0.25) is 4.79 Å². The van der Waals surface area contributed by atoms with Crippen LogP contribution in [-0.2, 0) is 9.53 Å². The summed E-state index contributed by atoms with van der Waals surface area (Å²) in [6.07, 6.45) is 0.989. The molecule has 0 bridgehead atoms. The number of aliphatic hydroxyl groups excluding tert-OH is 1. The zero-order valence-corrected chi connectivity index (χ0v) is 14.2. The molecule has 1 aliphatic heterocycles. The van der Waals surface area contributed by atoms with E-state index in [1.54, 1.807) is 0 Å². The van der Waals surface area contributed by atoms with Crippen molar-refractivity contribution >= 4 is 16.7 Å². The Bertz CT molecular complexity index is 705. The number of amides is 1. The number of fused-ring (bicyclic) bond motifs is 1. The monoisotopic (exact) mass is 327 g/mol. The Labute approximate surface area is 142 Å². The van der Waals surface area contributed by atoms with Crippen LogP contribution in [0.4, 0.5) is 0 Å². The Hall–Kier alpha value is -1.91. The predicted octanol–water partition coefficient (Wildman–Crippen LogP) is 3.19. The molecule has 3 unspecified atom stereocenters. The number of ether oxygens (including phenoxy) is 1. The molecule has 0 aliphatic carbocycles. The lowest BCUT2D eigenvalue weighted by atomic mass is 9.91. The molecule has 0 spiro atoms. The fourth-order valence-corrected chi connectivity index (χ4v) is 3.49. The summed E-state index contributed by atoms with van der Waals surface area (Å²) in [5, 5.41) is 15.5. The Morgan fingerprint density at radius 2 is 1.83 bits per heavy atom. The maximum atomic E-state index is 12.4. The standard InChI is InChI=1S/C20H25NO3/c1-13-9-18(10-14(2)24-13)20(23)21-12-19(22)17-8-7-15-5-3-4-6-16(15)11-17/h3-8,11,13-14,18-19,22H,9-10,12H2,1-2H3,(H,21,23). The second kappa shape index (κ2) is 7.32. The lowest BCUT2D eigenvalue weighted by molar-refractivity contribution is -0.133. The molecule has 2 N–H and O–H groups in total. The number of nitrogens with one attached hydrogen (secondary N) is 1. The number of carbonyl (C=O) groups is 1. The van der Waals surface area contributed by atoms with Crippen LogP contribution in [0.3, 0.4) is 0 Å². The van der Waals surface area contributed by atoms with Crippen molar-refractivity contribution in [2.75, 3.05) is 6.54 Å². The third-order valence-electron chi connectivity index (χ3n) is 4.70. The Morgan fingerprint density at radius 1 is 1.17 bits per heavy atom. The fourth-order valence-electron chi connectivity index (χ4n) is 3.49. The van der Waals surface area contributed by atoms with Gasteiger partial charge in [0.15, 0.2) is 0 Å². The van der Waals surface area contributed by atoms with Crippen molar-refractivity contribution in [2.45, 2.75) is 45.0 Å². The van der Waals surface area contributed by atoms with E-state index in [2.05, 4.69) is 5.32 Å². The first-order valence-electron chi connectivity index (χ1n) is 8.63. The fraction of sp³-hybridized carbons (Fsp3) is 0.450. The van der Waals surface area contributed by atoms with Gasteiger partial charge in [0.05, 0.1) is 18.3 Å². The SMILES string of the molecule is CC1CC(C(=O)NCC(O)c2ccc3ccccc3c2)CC(C)O1. The molecule has 3 atom stereocenters. The third-order valence-corrected chi connectivity index (χ3v) is 4.70. The molecule has 0 aromatic heterocycles. The molecule has 24 heavy (non-hydrogen) atoms. The number of aliphatic hydroxyl groups is 1. The van der Waals surface area contributed by atoms with Crippen molar-refractivity contribution in [1.82, 2.24) is 5.32 Å². The van der Waals surface area contributed by atoms with Crippen LogP contribution in [0, 0.1) is 5.92 Å². The summed E-state index contributed by atoms with van der Waals surface area (Å²) in [6.45, 7) is 4.23. The molecule has 0 saturated carbocycles. The molecule has 128 valence electrons. The Kier molecular flexibility index (Phi) is 5.17. The first-order chi connectivity index (χ1) is 11.5. The van der Waals surface area contributed by atoms with E-state index in [0.717, 1.165) is 29.2 Å². The minimum absolute atomic E-state index is 0.0110. The zero-order valence-electron chi connectivity index (χ0n) is 14.2. The average Bonchev–Trinajstić information content (AvgIpc) is 2.58. The topological polar surface area (TPSA) is 58.6 Å². The second-order valence-corrected chi connectivity index (χ2v) is 6.79. The molecule has 4 nitrogen and oxygen atoms in total. The summed E-state index contributed by atoms with van der Waals surface area (Å²) in [6, 6.07) is 13.9. The smallest absolute Gasteiger partial charge is 0.223 e. The largest absolute Gasteiger partial charge is 0.387 e. The molecule has 4 heteroatoms. The van der Waals surface area contributed by atoms with Crippen molar-refractivity contribution in [1.29, 1.82) is 0 Å². The van der Waals surface area contributed by atoms with Crippen LogP contribution in [0.5, 0.6) is 0 Å². The van der Waals surface area contributed by atoms with E-state index in [9.17, 15) is 9.90 Å². The van der Waals surface area contributed by atoms with Crippen LogP contribution in [0.2, 0.25) is 0 Å². The van der Waals surface area contributed by atoms with Gasteiger partial charge in [0.25, 0.3) is 0 Å². The molecule has 1 saturated heterocycles. The summed E-state index contributed by atoms with van der Waals surface area (Å²) >= 11 is 0. The second-order valence-electron chi connectivity index (χ2n) is 6.79. The average molecular weight is 327 g/mol. The first kappa shape index (κ1) is 16.9. The van der Waals surface area contributed by atoms with Crippen LogP contribution in [0.15, 0.2) is 42.5 Å². The van der Waals surface area contributed by atoms with Crippen molar-refractivity contribution in [3.05, 3.63) is 48.0 Å². The van der Waals surface area contributed by atoms with E-state index < -0.39 is 6.10 Å². The van der Waals surface area contributed by atoms with Crippen LogP contribution in [0.1, 0.15) is 38.4 Å². The van der Waals surface area contributed by atoms with Crippen molar-refractivity contribution in [2.24, 2.45) is 5.92 Å². The molecule has 1 aliphatic rings.